The first-order valence-electron chi connectivity index (χ1n) is 5.12. The second-order valence-corrected chi connectivity index (χ2v) is 4.25. The minimum absolute atomic E-state index is 0.0177. The summed E-state index contributed by atoms with van der Waals surface area (Å²) in [5.74, 6) is -3.29. The van der Waals surface area contributed by atoms with Crippen molar-refractivity contribution in [2.24, 2.45) is 0 Å². The summed E-state index contributed by atoms with van der Waals surface area (Å²) < 4.78 is 18.0. The molecule has 0 spiro atoms. The maximum absolute atomic E-state index is 13.4. The number of benzene rings is 1. The van der Waals surface area contributed by atoms with Gasteiger partial charge in [0.25, 0.3) is 5.69 Å². The third kappa shape index (κ3) is 3.26. The van der Waals surface area contributed by atoms with Crippen molar-refractivity contribution in [3.05, 3.63) is 38.1 Å². The van der Waals surface area contributed by atoms with Crippen LogP contribution in [0.4, 0.5) is 10.1 Å². The van der Waals surface area contributed by atoms with Crippen LogP contribution in [0, 0.1) is 27.3 Å². The van der Waals surface area contributed by atoms with Crippen LogP contribution in [-0.2, 0) is 9.53 Å². The lowest BCUT2D eigenvalue weighted by atomic mass is 9.98. The molecule has 6 nitrogen and oxygen atoms in total. The van der Waals surface area contributed by atoms with Gasteiger partial charge in [0, 0.05) is 6.07 Å². The normalized spacial score (nSPS) is 11.5. The molecule has 0 radical (unpaired) electrons. The zero-order valence-electron chi connectivity index (χ0n) is 9.72. The number of nitrogens with zero attached hydrogens (tertiary/aromatic N) is 2. The molecule has 1 aromatic carbocycles. The molecule has 8 heteroatoms. The molecule has 0 amide bonds. The lowest BCUT2D eigenvalue weighted by Crippen LogP contribution is -2.16. The Kier molecular flexibility index (Phi) is 4.94. The van der Waals surface area contributed by atoms with Crippen LogP contribution in [0.15, 0.2) is 16.6 Å². The molecule has 0 aliphatic heterocycles. The van der Waals surface area contributed by atoms with Crippen molar-refractivity contribution < 1.29 is 18.8 Å². The van der Waals surface area contributed by atoms with Gasteiger partial charge in [-0.1, -0.05) is 0 Å². The predicted octanol–water partition coefficient (Wildman–Crippen LogP) is 2.67. The molecule has 0 aliphatic carbocycles. The van der Waals surface area contributed by atoms with Gasteiger partial charge in [-0.2, -0.15) is 5.26 Å². The minimum atomic E-state index is -1.54. The zero-order valence-corrected chi connectivity index (χ0v) is 11.3. The van der Waals surface area contributed by atoms with Crippen LogP contribution >= 0.6 is 15.9 Å². The van der Waals surface area contributed by atoms with Gasteiger partial charge in [-0.15, -0.1) is 0 Å². The number of nitro benzene ring substituents is 1. The van der Waals surface area contributed by atoms with Crippen LogP contribution in [-0.4, -0.2) is 17.5 Å². The second kappa shape index (κ2) is 6.24. The van der Waals surface area contributed by atoms with E-state index in [1.165, 1.54) is 6.92 Å². The van der Waals surface area contributed by atoms with E-state index in [1.807, 2.05) is 0 Å². The Labute approximate surface area is 116 Å². The highest BCUT2D eigenvalue weighted by molar-refractivity contribution is 9.10. The minimum Gasteiger partial charge on any atom is -0.465 e. The Morgan fingerprint density at radius 3 is 2.79 bits per heavy atom. The second-order valence-electron chi connectivity index (χ2n) is 3.40. The Bertz CT molecular complexity index is 571. The van der Waals surface area contributed by atoms with E-state index in [0.717, 1.165) is 12.1 Å². The molecule has 1 unspecified atom stereocenters. The van der Waals surface area contributed by atoms with Gasteiger partial charge < -0.3 is 4.74 Å². The Balaban J connectivity index is 3.39. The number of carbonyl (C=O) groups excluding carboxylic acids is 1. The first-order chi connectivity index (χ1) is 8.92. The molecule has 0 N–H and O–H groups in total. The number of ether oxygens (including phenoxy) is 1. The number of nitriles is 1. The molecule has 0 fully saturated rings. The van der Waals surface area contributed by atoms with Crippen molar-refractivity contribution in [3.63, 3.8) is 0 Å². The van der Waals surface area contributed by atoms with Gasteiger partial charge in [0.05, 0.1) is 27.6 Å². The molecule has 0 aliphatic rings. The first-order valence-corrected chi connectivity index (χ1v) is 5.91. The summed E-state index contributed by atoms with van der Waals surface area (Å²) in [6, 6.07) is 3.28. The van der Waals surface area contributed by atoms with E-state index in [0.29, 0.717) is 0 Å². The molecule has 0 aromatic heterocycles. The smallest absolute Gasteiger partial charge is 0.328 e. The number of hydrogen-bond acceptors (Lipinski definition) is 5. The number of hydrogen-bond donors (Lipinski definition) is 0. The highest BCUT2D eigenvalue weighted by Crippen LogP contribution is 2.32. The molecule has 1 rings (SSSR count). The van der Waals surface area contributed by atoms with Gasteiger partial charge in [0.1, 0.15) is 5.82 Å². The topological polar surface area (TPSA) is 93.2 Å². The maximum Gasteiger partial charge on any atom is 0.328 e. The Morgan fingerprint density at radius 2 is 2.32 bits per heavy atom. The van der Waals surface area contributed by atoms with Crippen LogP contribution in [0.5, 0.6) is 0 Å². The third-order valence-corrected chi connectivity index (χ3v) is 2.84. The quantitative estimate of drug-likeness (QED) is 0.480. The van der Waals surface area contributed by atoms with E-state index in [2.05, 4.69) is 20.7 Å². The number of esters is 1. The maximum atomic E-state index is 13.4. The summed E-state index contributed by atoms with van der Waals surface area (Å²) >= 11 is 2.81. The molecule has 1 atom stereocenters. The van der Waals surface area contributed by atoms with E-state index in [1.54, 1.807) is 6.07 Å². The van der Waals surface area contributed by atoms with Crippen molar-refractivity contribution in [1.82, 2.24) is 0 Å². The third-order valence-electron chi connectivity index (χ3n) is 2.23. The molecule has 19 heavy (non-hydrogen) atoms. The average molecular weight is 331 g/mol. The average Bonchev–Trinajstić information content (AvgIpc) is 2.34. The Hall–Kier alpha value is -2.01. The van der Waals surface area contributed by atoms with Crippen LogP contribution in [0.1, 0.15) is 18.4 Å². The van der Waals surface area contributed by atoms with E-state index >= 15 is 0 Å². The monoisotopic (exact) mass is 330 g/mol. The van der Waals surface area contributed by atoms with Crippen molar-refractivity contribution in [1.29, 1.82) is 5.26 Å². The van der Waals surface area contributed by atoms with Crippen LogP contribution in [0.2, 0.25) is 0 Å². The highest BCUT2D eigenvalue weighted by atomic mass is 79.9. The van der Waals surface area contributed by atoms with E-state index in [4.69, 9.17) is 5.26 Å². The fourth-order valence-corrected chi connectivity index (χ4v) is 1.75. The molecule has 0 heterocycles. The predicted molar refractivity (Wildman–Crippen MR) is 65.7 cm³/mol. The summed E-state index contributed by atoms with van der Waals surface area (Å²) in [6.07, 6.45) is 0. The zero-order chi connectivity index (χ0) is 14.6. The lowest BCUT2D eigenvalue weighted by Gasteiger charge is -2.09. The molecule has 100 valence electrons. The number of nitro groups is 1. The van der Waals surface area contributed by atoms with Crippen molar-refractivity contribution >= 4 is 27.6 Å². The summed E-state index contributed by atoms with van der Waals surface area (Å²) in [5.41, 5.74) is -0.848. The fourth-order valence-electron chi connectivity index (χ4n) is 1.42. The lowest BCUT2D eigenvalue weighted by molar-refractivity contribution is -0.385. The van der Waals surface area contributed by atoms with Gasteiger partial charge in [-0.05, 0) is 28.9 Å². The van der Waals surface area contributed by atoms with Crippen molar-refractivity contribution in [2.75, 3.05) is 6.61 Å². The van der Waals surface area contributed by atoms with Gasteiger partial charge in [0.2, 0.25) is 0 Å². The Morgan fingerprint density at radius 1 is 1.68 bits per heavy atom. The van der Waals surface area contributed by atoms with Gasteiger partial charge >= 0.3 is 5.97 Å². The number of carbonyl (C=O) groups is 1. The van der Waals surface area contributed by atoms with Gasteiger partial charge in [-0.3, -0.25) is 14.9 Å². The summed E-state index contributed by atoms with van der Waals surface area (Å²) in [5, 5.41) is 19.8. The molecular formula is C11H8BrFN2O4. The number of halogens is 2. The molecule has 0 saturated heterocycles. The largest absolute Gasteiger partial charge is 0.465 e. The van der Waals surface area contributed by atoms with E-state index in [-0.39, 0.29) is 16.6 Å². The summed E-state index contributed by atoms with van der Waals surface area (Å²) in [7, 11) is 0. The van der Waals surface area contributed by atoms with Gasteiger partial charge in [0.15, 0.2) is 5.92 Å². The fraction of sp³-hybridized carbons (Fsp3) is 0.273. The van der Waals surface area contributed by atoms with Crippen LogP contribution in [0.3, 0.4) is 0 Å². The van der Waals surface area contributed by atoms with Crippen molar-refractivity contribution in [3.8, 4) is 6.07 Å². The first kappa shape index (κ1) is 15.0. The number of rotatable bonds is 4. The highest BCUT2D eigenvalue weighted by Gasteiger charge is 2.30. The molecular weight excluding hydrogens is 323 g/mol. The standard InChI is InChI=1S/C11H8BrFN2O4/c1-2-19-11(16)7(5-14)6-3-9(13)8(12)4-10(6)15(17)18/h3-4,7H,2H2,1H3. The van der Waals surface area contributed by atoms with E-state index in [9.17, 15) is 19.3 Å². The SMILES string of the molecule is CCOC(=O)C(C#N)c1cc(F)c(Br)cc1[N+](=O)[O-]. The van der Waals surface area contributed by atoms with Gasteiger partial charge in [-0.25, -0.2) is 4.39 Å². The molecule has 1 aromatic rings. The van der Waals surface area contributed by atoms with E-state index < -0.39 is 28.3 Å². The van der Waals surface area contributed by atoms with Crippen LogP contribution in [0.25, 0.3) is 0 Å². The summed E-state index contributed by atoms with van der Waals surface area (Å²) in [4.78, 5) is 21.6. The molecule has 0 saturated carbocycles. The van der Waals surface area contributed by atoms with Crippen molar-refractivity contribution in [2.45, 2.75) is 12.8 Å². The van der Waals surface area contributed by atoms with Crippen LogP contribution < -0.4 is 0 Å². The molecule has 0 bridgehead atoms. The summed E-state index contributed by atoms with van der Waals surface area (Å²) in [6.45, 7) is 1.55.